The highest BCUT2D eigenvalue weighted by Crippen LogP contribution is 2.40. The van der Waals surface area contributed by atoms with Crippen LogP contribution in [0.3, 0.4) is 0 Å². The Hall–Kier alpha value is -2.97. The lowest BCUT2D eigenvalue weighted by molar-refractivity contribution is -0.0549. The Balaban J connectivity index is 1.62. The topological polar surface area (TPSA) is 104 Å². The number of amides is 1. The Morgan fingerprint density at radius 2 is 1.89 bits per heavy atom. The lowest BCUT2D eigenvalue weighted by Gasteiger charge is -2.47. The van der Waals surface area contributed by atoms with Crippen LogP contribution < -0.4 is 10.1 Å². The van der Waals surface area contributed by atoms with Crippen molar-refractivity contribution in [2.24, 2.45) is 5.92 Å². The van der Waals surface area contributed by atoms with Crippen LogP contribution in [-0.2, 0) is 9.47 Å². The van der Waals surface area contributed by atoms with Gasteiger partial charge >= 0.3 is 6.09 Å². The van der Waals surface area contributed by atoms with Crippen LogP contribution in [0.1, 0.15) is 59.4 Å². The SMILES string of the molecule is CC(C)(C)OC(=O)N1CC(C(C)(C)Oc2cc(-c3ccc(O)c(Cl)c3)cc(NC3CCCCO3)c2C=N)C1. The number of nitrogens with zero attached hydrogens (tertiary/aromatic N) is 1. The molecule has 2 aliphatic heterocycles. The van der Waals surface area contributed by atoms with Crippen molar-refractivity contribution in [3.63, 3.8) is 0 Å². The van der Waals surface area contributed by atoms with E-state index in [2.05, 4.69) is 5.32 Å². The molecule has 0 spiro atoms. The zero-order valence-electron chi connectivity index (χ0n) is 22.8. The molecule has 2 fully saturated rings. The van der Waals surface area contributed by atoms with Gasteiger partial charge in [-0.2, -0.15) is 0 Å². The van der Waals surface area contributed by atoms with Crippen molar-refractivity contribution in [1.29, 1.82) is 5.41 Å². The van der Waals surface area contributed by atoms with Gasteiger partial charge in [0.15, 0.2) is 0 Å². The van der Waals surface area contributed by atoms with Crippen molar-refractivity contribution in [2.45, 2.75) is 71.3 Å². The highest BCUT2D eigenvalue weighted by atomic mass is 35.5. The summed E-state index contributed by atoms with van der Waals surface area (Å²) >= 11 is 6.22. The van der Waals surface area contributed by atoms with Crippen molar-refractivity contribution in [1.82, 2.24) is 4.90 Å². The molecule has 1 unspecified atom stereocenters. The molecule has 1 atom stereocenters. The summed E-state index contributed by atoms with van der Waals surface area (Å²) in [6.45, 7) is 11.3. The number of hydrogen-bond acceptors (Lipinski definition) is 7. The Labute approximate surface area is 229 Å². The Morgan fingerprint density at radius 3 is 2.50 bits per heavy atom. The van der Waals surface area contributed by atoms with Crippen molar-refractivity contribution >= 4 is 29.6 Å². The van der Waals surface area contributed by atoms with E-state index < -0.39 is 11.2 Å². The van der Waals surface area contributed by atoms with Crippen molar-refractivity contribution in [3.8, 4) is 22.6 Å². The first-order valence-electron chi connectivity index (χ1n) is 13.1. The van der Waals surface area contributed by atoms with Gasteiger partial charge in [-0.25, -0.2) is 4.79 Å². The second-order valence-electron chi connectivity index (χ2n) is 11.5. The molecular formula is C29H38ClN3O5. The number of carbonyl (C=O) groups excluding carboxylic acids is 1. The zero-order chi connectivity index (χ0) is 27.7. The zero-order valence-corrected chi connectivity index (χ0v) is 23.5. The van der Waals surface area contributed by atoms with Crippen LogP contribution in [-0.4, -0.2) is 59.4 Å². The first-order chi connectivity index (χ1) is 17.9. The van der Waals surface area contributed by atoms with E-state index in [-0.39, 0.29) is 29.0 Å². The maximum atomic E-state index is 12.4. The van der Waals surface area contributed by atoms with E-state index in [9.17, 15) is 9.90 Å². The van der Waals surface area contributed by atoms with Gasteiger partial charge in [0.1, 0.15) is 28.9 Å². The number of phenols is 1. The van der Waals surface area contributed by atoms with Gasteiger partial charge in [-0.3, -0.25) is 0 Å². The summed E-state index contributed by atoms with van der Waals surface area (Å²) in [6, 6.07) is 8.90. The largest absolute Gasteiger partial charge is 0.506 e. The number of anilines is 1. The fourth-order valence-electron chi connectivity index (χ4n) is 4.62. The number of likely N-dealkylation sites (tertiary alicyclic amines) is 1. The Bertz CT molecular complexity index is 1180. The number of hydrogen-bond donors (Lipinski definition) is 3. The number of rotatable bonds is 7. The molecule has 4 rings (SSSR count). The summed E-state index contributed by atoms with van der Waals surface area (Å²) in [6.07, 6.45) is 3.78. The molecule has 9 heteroatoms. The van der Waals surface area contributed by atoms with Crippen LogP contribution >= 0.6 is 11.6 Å². The third kappa shape index (κ3) is 6.53. The number of halogens is 1. The molecule has 0 aliphatic carbocycles. The quantitative estimate of drug-likeness (QED) is 0.337. The molecule has 2 aliphatic rings. The van der Waals surface area contributed by atoms with Gasteiger partial charge in [0, 0.05) is 37.5 Å². The predicted octanol–water partition coefficient (Wildman–Crippen LogP) is 6.67. The van der Waals surface area contributed by atoms with Crippen LogP contribution in [0.15, 0.2) is 30.3 Å². The monoisotopic (exact) mass is 543 g/mol. The molecular weight excluding hydrogens is 506 g/mol. The smallest absolute Gasteiger partial charge is 0.410 e. The van der Waals surface area contributed by atoms with Gasteiger partial charge in [-0.15, -0.1) is 0 Å². The molecule has 1 amide bonds. The second-order valence-corrected chi connectivity index (χ2v) is 11.9. The number of aromatic hydroxyl groups is 1. The maximum Gasteiger partial charge on any atom is 0.410 e. The highest BCUT2D eigenvalue weighted by molar-refractivity contribution is 6.32. The third-order valence-corrected chi connectivity index (χ3v) is 7.26. The van der Waals surface area contributed by atoms with Gasteiger partial charge in [0.05, 0.1) is 10.6 Å². The van der Waals surface area contributed by atoms with Crippen molar-refractivity contribution in [3.05, 3.63) is 40.9 Å². The molecule has 2 aromatic rings. The van der Waals surface area contributed by atoms with Crippen molar-refractivity contribution < 1.29 is 24.1 Å². The maximum absolute atomic E-state index is 12.4. The van der Waals surface area contributed by atoms with E-state index in [4.69, 9.17) is 31.2 Å². The fraction of sp³-hybridized carbons (Fsp3) is 0.517. The number of carbonyl (C=O) groups is 1. The standard InChI is InChI=1S/C29H38ClN3O5/c1-28(2,3)38-27(35)33-16-20(17-33)29(4,5)37-25-14-19(18-9-10-24(34)22(30)12-18)13-23(21(25)15-31)32-26-8-6-7-11-36-26/h9-10,12-15,20,26,31-32,34H,6-8,11,16-17H2,1-5H3. The number of phenolic OH excluding ortho intramolecular Hbond substituents is 1. The van der Waals surface area contributed by atoms with Crippen LogP contribution in [0.5, 0.6) is 11.5 Å². The molecule has 2 aromatic carbocycles. The van der Waals surface area contributed by atoms with Gasteiger partial charge < -0.3 is 34.9 Å². The second kappa shape index (κ2) is 11.0. The summed E-state index contributed by atoms with van der Waals surface area (Å²) in [7, 11) is 0. The van der Waals surface area contributed by atoms with Crippen LogP contribution in [0.2, 0.25) is 5.02 Å². The minimum atomic E-state index is -0.625. The molecule has 0 radical (unpaired) electrons. The fourth-order valence-corrected chi connectivity index (χ4v) is 4.80. The van der Waals surface area contributed by atoms with E-state index >= 15 is 0 Å². The molecule has 0 aromatic heterocycles. The predicted molar refractivity (Wildman–Crippen MR) is 150 cm³/mol. The number of benzene rings is 2. The average Bonchev–Trinajstić information content (AvgIpc) is 2.78. The molecule has 0 saturated carbocycles. The minimum Gasteiger partial charge on any atom is -0.506 e. The van der Waals surface area contributed by atoms with E-state index in [1.807, 2.05) is 46.8 Å². The number of ether oxygens (including phenoxy) is 3. The first kappa shape index (κ1) is 28.0. The number of nitrogens with one attached hydrogen (secondary N) is 2. The summed E-state index contributed by atoms with van der Waals surface area (Å²) in [4.78, 5) is 14.1. The third-order valence-electron chi connectivity index (χ3n) is 6.95. The summed E-state index contributed by atoms with van der Waals surface area (Å²) < 4.78 is 18.0. The Kier molecular flexibility index (Phi) is 8.14. The summed E-state index contributed by atoms with van der Waals surface area (Å²) in [5, 5.41) is 21.8. The lowest BCUT2D eigenvalue weighted by atomic mass is 9.84. The van der Waals surface area contributed by atoms with Crippen molar-refractivity contribution in [2.75, 3.05) is 25.0 Å². The van der Waals surface area contributed by atoms with E-state index in [1.165, 1.54) is 6.21 Å². The van der Waals surface area contributed by atoms with Gasteiger partial charge in [-0.1, -0.05) is 17.7 Å². The summed E-state index contributed by atoms with van der Waals surface area (Å²) in [5.41, 5.74) is 1.80. The van der Waals surface area contributed by atoms with Gasteiger partial charge in [-0.05, 0) is 89.3 Å². The molecule has 8 nitrogen and oxygen atoms in total. The lowest BCUT2D eigenvalue weighted by Crippen LogP contribution is -2.60. The van der Waals surface area contributed by atoms with Crippen LogP contribution in [0.4, 0.5) is 10.5 Å². The first-order valence-corrected chi connectivity index (χ1v) is 13.5. The Morgan fingerprint density at radius 1 is 1.16 bits per heavy atom. The van der Waals surface area contributed by atoms with E-state index in [0.29, 0.717) is 31.0 Å². The normalized spacial score (nSPS) is 18.5. The molecule has 206 valence electrons. The van der Waals surface area contributed by atoms with E-state index in [0.717, 1.165) is 36.1 Å². The van der Waals surface area contributed by atoms with Gasteiger partial charge in [0.25, 0.3) is 0 Å². The molecule has 0 bridgehead atoms. The van der Waals surface area contributed by atoms with E-state index in [1.54, 1.807) is 23.1 Å². The van der Waals surface area contributed by atoms with Gasteiger partial charge in [0.2, 0.25) is 0 Å². The summed E-state index contributed by atoms with van der Waals surface area (Å²) in [5.74, 6) is 0.636. The van der Waals surface area contributed by atoms with Crippen LogP contribution in [0, 0.1) is 11.3 Å². The molecule has 3 N–H and O–H groups in total. The highest BCUT2D eigenvalue weighted by Gasteiger charge is 2.44. The minimum absolute atomic E-state index is 0.0117. The molecule has 38 heavy (non-hydrogen) atoms. The molecule has 2 heterocycles. The average molecular weight is 544 g/mol. The van der Waals surface area contributed by atoms with Crippen LogP contribution in [0.25, 0.3) is 11.1 Å². The molecule has 2 saturated heterocycles.